The van der Waals surface area contributed by atoms with Gasteiger partial charge < -0.3 is 4.57 Å². The molecule has 0 aliphatic carbocycles. The largest absolute Gasteiger partial charge is 0.309 e. The first-order chi connectivity index (χ1) is 32.1. The van der Waals surface area contributed by atoms with E-state index in [1.807, 2.05) is 127 Å². The zero-order valence-corrected chi connectivity index (χ0v) is 34.7. The molecule has 3 heterocycles. The molecular formula is C57H34N8. The Morgan fingerprint density at radius 2 is 0.923 bits per heavy atom. The third-order valence-corrected chi connectivity index (χ3v) is 11.5. The van der Waals surface area contributed by atoms with Crippen molar-refractivity contribution in [2.75, 3.05) is 0 Å². The summed E-state index contributed by atoms with van der Waals surface area (Å²) in [5, 5.41) is 11.9. The van der Waals surface area contributed by atoms with Crippen molar-refractivity contribution in [1.29, 1.82) is 5.26 Å². The first kappa shape index (κ1) is 38.5. The number of aromatic nitrogens is 6. The van der Waals surface area contributed by atoms with Crippen LogP contribution >= 0.6 is 0 Å². The molecule has 0 amide bonds. The molecule has 3 aromatic heterocycles. The third-order valence-electron chi connectivity index (χ3n) is 11.5. The van der Waals surface area contributed by atoms with Crippen LogP contribution < -0.4 is 0 Å². The SMILES string of the molecule is [C-]#[N+]c1cc(C#N)cc(-c2ccc3c(c2)c2ccccc2n3-c2ccc(-c3nc(-c4ccccc4)nc(-c4ccccc4)n3)cc2-c2cc(-c3ccccc3)nc(-c3ccccc3)n2)c1. The maximum absolute atomic E-state index is 9.80. The summed E-state index contributed by atoms with van der Waals surface area (Å²) in [7, 11) is 0. The number of hydrogen-bond acceptors (Lipinski definition) is 6. The van der Waals surface area contributed by atoms with Crippen LogP contribution in [0.15, 0.2) is 206 Å². The van der Waals surface area contributed by atoms with Crippen LogP contribution in [0.3, 0.4) is 0 Å². The van der Waals surface area contributed by atoms with Crippen molar-refractivity contribution in [2.45, 2.75) is 0 Å². The lowest BCUT2D eigenvalue weighted by Crippen LogP contribution is -2.03. The second kappa shape index (κ2) is 16.5. The van der Waals surface area contributed by atoms with Gasteiger partial charge in [0.1, 0.15) is 0 Å². The van der Waals surface area contributed by atoms with E-state index in [-0.39, 0.29) is 0 Å². The van der Waals surface area contributed by atoms with E-state index in [2.05, 4.69) is 88.3 Å². The minimum Gasteiger partial charge on any atom is -0.309 e. The van der Waals surface area contributed by atoms with E-state index in [1.54, 1.807) is 6.07 Å². The summed E-state index contributed by atoms with van der Waals surface area (Å²) in [6, 6.07) is 70.8. The standard InChI is InChI=1S/C57H34N8/c1-59-45-31-37(36-58)30-44(32-45)42-26-28-52-47(33-42)46-24-14-15-25-51(46)65(52)53-29-27-43(57-63-55(40-20-10-4-11-21-40)62-56(64-57)41-22-12-5-13-23-41)34-48(53)50-35-49(38-16-6-2-7-17-38)60-54(61-50)39-18-8-3-9-19-39/h2-35H. The van der Waals surface area contributed by atoms with E-state index >= 15 is 0 Å². The first-order valence-corrected chi connectivity index (χ1v) is 21.1. The van der Waals surface area contributed by atoms with Crippen LogP contribution in [0.2, 0.25) is 0 Å². The second-order valence-electron chi connectivity index (χ2n) is 15.5. The molecule has 0 bridgehead atoms. The highest BCUT2D eigenvalue weighted by molar-refractivity contribution is 6.11. The van der Waals surface area contributed by atoms with Crippen molar-refractivity contribution < 1.29 is 0 Å². The van der Waals surface area contributed by atoms with Crippen LogP contribution in [0, 0.1) is 17.9 Å². The summed E-state index contributed by atoms with van der Waals surface area (Å²) in [4.78, 5) is 29.3. The molecule has 11 aromatic rings. The molecule has 0 saturated heterocycles. The fraction of sp³-hybridized carbons (Fsp3) is 0. The number of fused-ring (bicyclic) bond motifs is 3. The maximum Gasteiger partial charge on any atom is 0.189 e. The van der Waals surface area contributed by atoms with Crippen molar-refractivity contribution >= 4 is 27.5 Å². The van der Waals surface area contributed by atoms with Gasteiger partial charge in [0.25, 0.3) is 0 Å². The van der Waals surface area contributed by atoms with Gasteiger partial charge in [-0.15, -0.1) is 0 Å². The maximum atomic E-state index is 9.80. The van der Waals surface area contributed by atoms with Gasteiger partial charge in [0, 0.05) is 49.7 Å². The van der Waals surface area contributed by atoms with Gasteiger partial charge in [-0.3, -0.25) is 0 Å². The summed E-state index contributed by atoms with van der Waals surface area (Å²) in [6.45, 7) is 7.69. The average molecular weight is 831 g/mol. The van der Waals surface area contributed by atoms with Crippen molar-refractivity contribution in [1.82, 2.24) is 29.5 Å². The fourth-order valence-corrected chi connectivity index (χ4v) is 8.39. The Bertz CT molecular complexity index is 3520. The molecule has 8 nitrogen and oxygen atoms in total. The lowest BCUT2D eigenvalue weighted by molar-refractivity contribution is 1.07. The highest BCUT2D eigenvalue weighted by Crippen LogP contribution is 2.41. The molecule has 0 aliphatic heterocycles. The summed E-state index contributed by atoms with van der Waals surface area (Å²) in [6.07, 6.45) is 0. The first-order valence-electron chi connectivity index (χ1n) is 21.1. The topological polar surface area (TPSA) is 97.5 Å². The Hall–Kier alpha value is -9.37. The Labute approximate surface area is 374 Å². The number of benzene rings is 8. The van der Waals surface area contributed by atoms with Gasteiger partial charge in [-0.05, 0) is 71.8 Å². The van der Waals surface area contributed by atoms with Crippen molar-refractivity contribution in [3.63, 3.8) is 0 Å². The predicted octanol–water partition coefficient (Wildman–Crippen LogP) is 13.9. The molecular weight excluding hydrogens is 797 g/mol. The highest BCUT2D eigenvalue weighted by atomic mass is 15.0. The minimum absolute atomic E-state index is 0.422. The van der Waals surface area contributed by atoms with Crippen LogP contribution in [-0.4, -0.2) is 29.5 Å². The number of hydrogen-bond donors (Lipinski definition) is 0. The Balaban J connectivity index is 1.19. The molecule has 0 unspecified atom stereocenters. The molecule has 11 rings (SSSR count). The van der Waals surface area contributed by atoms with E-state index in [1.165, 1.54) is 0 Å². The van der Waals surface area contributed by atoms with Gasteiger partial charge in [-0.1, -0.05) is 146 Å². The smallest absolute Gasteiger partial charge is 0.189 e. The van der Waals surface area contributed by atoms with Gasteiger partial charge in [0.05, 0.1) is 40.8 Å². The quantitative estimate of drug-likeness (QED) is 0.141. The zero-order chi connectivity index (χ0) is 43.7. The van der Waals surface area contributed by atoms with Gasteiger partial charge >= 0.3 is 0 Å². The summed E-state index contributed by atoms with van der Waals surface area (Å²) < 4.78 is 2.29. The van der Waals surface area contributed by atoms with Gasteiger partial charge in [0.2, 0.25) is 0 Å². The van der Waals surface area contributed by atoms with Crippen LogP contribution in [0.1, 0.15) is 5.56 Å². The molecule has 65 heavy (non-hydrogen) atoms. The van der Waals surface area contributed by atoms with Crippen molar-refractivity contribution in [3.05, 3.63) is 223 Å². The number of rotatable bonds is 8. The van der Waals surface area contributed by atoms with E-state index in [4.69, 9.17) is 31.5 Å². The van der Waals surface area contributed by atoms with E-state index in [0.29, 0.717) is 34.5 Å². The normalized spacial score (nSPS) is 11.0. The summed E-state index contributed by atoms with van der Waals surface area (Å²) in [5.41, 5.74) is 12.2. The third kappa shape index (κ3) is 7.34. The predicted molar refractivity (Wildman–Crippen MR) is 259 cm³/mol. The van der Waals surface area contributed by atoms with Crippen LogP contribution in [0.4, 0.5) is 5.69 Å². The van der Waals surface area contributed by atoms with Crippen LogP contribution in [-0.2, 0) is 0 Å². The number of nitrogens with zero attached hydrogens (tertiary/aromatic N) is 8. The number of nitriles is 1. The molecule has 0 aliphatic rings. The molecule has 0 fully saturated rings. The molecule has 0 atom stereocenters. The molecule has 0 saturated carbocycles. The van der Waals surface area contributed by atoms with E-state index < -0.39 is 0 Å². The van der Waals surface area contributed by atoms with Gasteiger partial charge in [0.15, 0.2) is 29.0 Å². The minimum atomic E-state index is 0.422. The van der Waals surface area contributed by atoms with Crippen molar-refractivity contribution in [2.24, 2.45) is 0 Å². The van der Waals surface area contributed by atoms with E-state index in [0.717, 1.165) is 83.4 Å². The number of para-hydroxylation sites is 1. The van der Waals surface area contributed by atoms with Gasteiger partial charge in [-0.25, -0.2) is 29.8 Å². The summed E-state index contributed by atoms with van der Waals surface area (Å²) in [5.74, 6) is 2.27. The highest BCUT2D eigenvalue weighted by Gasteiger charge is 2.21. The monoisotopic (exact) mass is 830 g/mol. The molecule has 0 radical (unpaired) electrons. The lowest BCUT2D eigenvalue weighted by atomic mass is 10.00. The Kier molecular flexibility index (Phi) is 9.78. The van der Waals surface area contributed by atoms with Crippen LogP contribution in [0.25, 0.3) is 112 Å². The zero-order valence-electron chi connectivity index (χ0n) is 34.7. The van der Waals surface area contributed by atoms with Crippen molar-refractivity contribution in [3.8, 4) is 90.9 Å². The molecule has 0 spiro atoms. The van der Waals surface area contributed by atoms with E-state index in [9.17, 15) is 5.26 Å². The molecule has 0 N–H and O–H groups in total. The Morgan fingerprint density at radius 3 is 1.54 bits per heavy atom. The molecule has 8 aromatic carbocycles. The molecule has 8 heteroatoms. The van der Waals surface area contributed by atoms with Crippen LogP contribution in [0.5, 0.6) is 0 Å². The van der Waals surface area contributed by atoms with Gasteiger partial charge in [-0.2, -0.15) is 5.26 Å². The molecule has 302 valence electrons. The Morgan fingerprint density at radius 1 is 0.400 bits per heavy atom. The average Bonchev–Trinajstić information content (AvgIpc) is 3.72. The lowest BCUT2D eigenvalue weighted by Gasteiger charge is -2.17. The fourth-order valence-electron chi connectivity index (χ4n) is 8.39. The summed E-state index contributed by atoms with van der Waals surface area (Å²) >= 11 is 0. The second-order valence-corrected chi connectivity index (χ2v) is 15.5.